The van der Waals surface area contributed by atoms with Crippen LogP contribution in [-0.2, 0) is 4.74 Å². The van der Waals surface area contributed by atoms with E-state index in [1.807, 2.05) is 37.3 Å². The van der Waals surface area contributed by atoms with Gasteiger partial charge in [-0.1, -0.05) is 30.0 Å². The van der Waals surface area contributed by atoms with Gasteiger partial charge < -0.3 is 9.47 Å². The van der Waals surface area contributed by atoms with Crippen LogP contribution in [0.3, 0.4) is 0 Å². The van der Waals surface area contributed by atoms with Crippen molar-refractivity contribution in [3.63, 3.8) is 0 Å². The highest BCUT2D eigenvalue weighted by Crippen LogP contribution is 2.10. The highest BCUT2D eigenvalue weighted by molar-refractivity contribution is 8.22. The van der Waals surface area contributed by atoms with E-state index in [2.05, 4.69) is 0 Å². The fourth-order valence-electron chi connectivity index (χ4n) is 0.961. The van der Waals surface area contributed by atoms with Gasteiger partial charge in [-0.3, -0.25) is 0 Å². The van der Waals surface area contributed by atoms with E-state index in [9.17, 15) is 0 Å². The lowest BCUT2D eigenvalue weighted by Crippen LogP contribution is -2.04. The van der Waals surface area contributed by atoms with Crippen molar-refractivity contribution in [3.05, 3.63) is 30.3 Å². The molecule has 1 rings (SSSR count). The van der Waals surface area contributed by atoms with Crippen LogP contribution in [0.4, 0.5) is 0 Å². The maximum Gasteiger partial charge on any atom is 0.220 e. The van der Waals surface area contributed by atoms with Gasteiger partial charge in [-0.05, 0) is 31.3 Å². The van der Waals surface area contributed by atoms with E-state index in [1.54, 1.807) is 0 Å². The van der Waals surface area contributed by atoms with Crippen LogP contribution in [0, 0.1) is 0 Å². The Hall–Kier alpha value is -0.740. The molecule has 0 unspecified atom stereocenters. The molecule has 0 amide bonds. The third-order valence-corrected chi connectivity index (χ3v) is 2.77. The molecule has 0 aliphatic heterocycles. The Morgan fingerprint density at radius 2 is 2.07 bits per heavy atom. The molecule has 15 heavy (non-hydrogen) atoms. The van der Waals surface area contributed by atoms with Crippen molar-refractivity contribution in [3.8, 4) is 5.75 Å². The lowest BCUT2D eigenvalue weighted by molar-refractivity contribution is 0.340. The number of para-hydroxylation sites is 1. The zero-order valence-corrected chi connectivity index (χ0v) is 10.3. The van der Waals surface area contributed by atoms with Gasteiger partial charge in [0.2, 0.25) is 4.38 Å². The first kappa shape index (κ1) is 12.3. The summed E-state index contributed by atoms with van der Waals surface area (Å²) in [6.07, 6.45) is 0. The Bertz CT molecular complexity index is 288. The third kappa shape index (κ3) is 5.64. The molecule has 0 heterocycles. The van der Waals surface area contributed by atoms with E-state index in [1.165, 1.54) is 11.8 Å². The van der Waals surface area contributed by atoms with Gasteiger partial charge in [-0.2, -0.15) is 0 Å². The summed E-state index contributed by atoms with van der Waals surface area (Å²) in [7, 11) is 0. The fourth-order valence-corrected chi connectivity index (χ4v) is 1.86. The normalized spacial score (nSPS) is 9.67. The van der Waals surface area contributed by atoms with Crippen LogP contribution in [0.25, 0.3) is 0 Å². The number of rotatable bonds is 5. The Morgan fingerprint density at radius 1 is 1.33 bits per heavy atom. The van der Waals surface area contributed by atoms with Crippen molar-refractivity contribution < 1.29 is 9.47 Å². The molecule has 4 heteroatoms. The summed E-state index contributed by atoms with van der Waals surface area (Å²) in [5.41, 5.74) is 0. The molecule has 0 spiro atoms. The highest BCUT2D eigenvalue weighted by atomic mass is 32.2. The fraction of sp³-hybridized carbons (Fsp3) is 0.364. The second-order valence-electron chi connectivity index (χ2n) is 2.69. The van der Waals surface area contributed by atoms with Crippen LogP contribution in [0.5, 0.6) is 5.75 Å². The van der Waals surface area contributed by atoms with Crippen molar-refractivity contribution in [1.82, 2.24) is 0 Å². The molecular formula is C11H14O2S2. The lowest BCUT2D eigenvalue weighted by atomic mass is 10.3. The Kier molecular flexibility index (Phi) is 6.20. The second-order valence-corrected chi connectivity index (χ2v) is 4.39. The van der Waals surface area contributed by atoms with Gasteiger partial charge in [-0.15, -0.1) is 0 Å². The minimum atomic E-state index is 0.592. The van der Waals surface area contributed by atoms with E-state index in [0.717, 1.165) is 11.5 Å². The summed E-state index contributed by atoms with van der Waals surface area (Å²) in [5, 5.41) is 0. The van der Waals surface area contributed by atoms with Crippen molar-refractivity contribution in [2.45, 2.75) is 6.92 Å². The van der Waals surface area contributed by atoms with Crippen molar-refractivity contribution >= 4 is 28.4 Å². The quantitative estimate of drug-likeness (QED) is 0.583. The lowest BCUT2D eigenvalue weighted by Gasteiger charge is -2.06. The Balaban J connectivity index is 2.10. The molecule has 0 atom stereocenters. The molecule has 0 saturated heterocycles. The van der Waals surface area contributed by atoms with Gasteiger partial charge in [0.05, 0.1) is 13.2 Å². The molecule has 2 nitrogen and oxygen atoms in total. The monoisotopic (exact) mass is 242 g/mol. The zero-order chi connectivity index (χ0) is 10.9. The number of hydrogen-bond acceptors (Lipinski definition) is 4. The molecule has 0 aliphatic rings. The molecule has 0 saturated carbocycles. The summed E-state index contributed by atoms with van der Waals surface area (Å²) in [4.78, 5) is 0. The van der Waals surface area contributed by atoms with E-state index in [0.29, 0.717) is 17.6 Å². The van der Waals surface area contributed by atoms with Crippen molar-refractivity contribution in [1.29, 1.82) is 0 Å². The predicted octanol–water partition coefficient (Wildman–Crippen LogP) is 3.12. The predicted molar refractivity (Wildman–Crippen MR) is 68.6 cm³/mol. The standard InChI is InChI=1S/C11H14O2S2/c1-2-12-11(14)15-9-8-13-10-6-4-3-5-7-10/h3-7H,2,8-9H2,1H3. The van der Waals surface area contributed by atoms with Gasteiger partial charge in [-0.25, -0.2) is 0 Å². The molecule has 0 N–H and O–H groups in total. The van der Waals surface area contributed by atoms with E-state index < -0.39 is 0 Å². The van der Waals surface area contributed by atoms with Crippen LogP contribution in [0.1, 0.15) is 6.92 Å². The first-order valence-electron chi connectivity index (χ1n) is 4.80. The van der Waals surface area contributed by atoms with Crippen LogP contribution in [-0.4, -0.2) is 23.3 Å². The van der Waals surface area contributed by atoms with Crippen molar-refractivity contribution in [2.75, 3.05) is 19.0 Å². The molecule has 82 valence electrons. The minimum absolute atomic E-state index is 0.592. The summed E-state index contributed by atoms with van der Waals surface area (Å²) >= 11 is 6.47. The summed E-state index contributed by atoms with van der Waals surface area (Å²) in [6.45, 7) is 3.20. The third-order valence-electron chi connectivity index (χ3n) is 1.58. The average molecular weight is 242 g/mol. The van der Waals surface area contributed by atoms with Gasteiger partial charge in [0.1, 0.15) is 5.75 Å². The molecule has 1 aromatic carbocycles. The first-order chi connectivity index (χ1) is 7.33. The maximum absolute atomic E-state index is 5.50. The van der Waals surface area contributed by atoms with E-state index in [4.69, 9.17) is 21.7 Å². The number of hydrogen-bond donors (Lipinski definition) is 0. The summed E-state index contributed by atoms with van der Waals surface area (Å²) < 4.78 is 11.2. The van der Waals surface area contributed by atoms with Crippen molar-refractivity contribution in [2.24, 2.45) is 0 Å². The van der Waals surface area contributed by atoms with Crippen LogP contribution >= 0.6 is 24.0 Å². The number of benzene rings is 1. The highest BCUT2D eigenvalue weighted by Gasteiger charge is 1.97. The topological polar surface area (TPSA) is 18.5 Å². The molecule has 0 bridgehead atoms. The number of thioether (sulfide) groups is 1. The summed E-state index contributed by atoms with van der Waals surface area (Å²) in [6, 6.07) is 9.74. The molecule has 1 aromatic rings. The molecule has 0 radical (unpaired) electrons. The van der Waals surface area contributed by atoms with Gasteiger partial charge in [0.15, 0.2) is 0 Å². The minimum Gasteiger partial charge on any atom is -0.493 e. The van der Waals surface area contributed by atoms with E-state index in [-0.39, 0.29) is 0 Å². The van der Waals surface area contributed by atoms with E-state index >= 15 is 0 Å². The SMILES string of the molecule is CCOC(=S)SCCOc1ccccc1. The van der Waals surface area contributed by atoms with Crippen LogP contribution in [0.2, 0.25) is 0 Å². The Morgan fingerprint density at radius 3 is 2.73 bits per heavy atom. The molecular weight excluding hydrogens is 228 g/mol. The molecule has 0 fully saturated rings. The maximum atomic E-state index is 5.50. The van der Waals surface area contributed by atoms with Gasteiger partial charge in [0.25, 0.3) is 0 Å². The number of ether oxygens (including phenoxy) is 2. The van der Waals surface area contributed by atoms with Crippen LogP contribution < -0.4 is 4.74 Å². The molecule has 0 aliphatic carbocycles. The first-order valence-corrected chi connectivity index (χ1v) is 6.19. The average Bonchev–Trinajstić information content (AvgIpc) is 2.26. The van der Waals surface area contributed by atoms with Gasteiger partial charge >= 0.3 is 0 Å². The largest absolute Gasteiger partial charge is 0.493 e. The van der Waals surface area contributed by atoms with Crippen LogP contribution in [0.15, 0.2) is 30.3 Å². The smallest absolute Gasteiger partial charge is 0.220 e. The molecule has 0 aromatic heterocycles. The number of thiocarbonyl (C=S) groups is 1. The Labute approximate surface area is 100.0 Å². The zero-order valence-electron chi connectivity index (χ0n) is 8.64. The second kappa shape index (κ2) is 7.54. The van der Waals surface area contributed by atoms with Gasteiger partial charge in [0, 0.05) is 5.75 Å². The summed E-state index contributed by atoms with van der Waals surface area (Å²) in [5.74, 6) is 1.70.